The van der Waals surface area contributed by atoms with Crippen LogP contribution in [-0.2, 0) is 22.0 Å². The van der Waals surface area contributed by atoms with Crippen LogP contribution in [0.25, 0.3) is 11.1 Å². The molecular formula is C18H16N4O2S. The Kier molecular flexibility index (Phi) is 3.18. The molecule has 0 saturated heterocycles. The molecule has 1 aliphatic heterocycles. The van der Waals surface area contributed by atoms with Crippen molar-refractivity contribution in [3.8, 4) is 17.2 Å². The topological polar surface area (TPSA) is 99.5 Å². The van der Waals surface area contributed by atoms with Crippen molar-refractivity contribution in [2.24, 2.45) is 10.7 Å². The molecule has 1 spiro atoms. The minimum Gasteiger partial charge on any atom is -0.369 e. The van der Waals surface area contributed by atoms with Crippen LogP contribution < -0.4 is 5.73 Å². The van der Waals surface area contributed by atoms with Crippen molar-refractivity contribution in [1.29, 1.82) is 5.26 Å². The molecule has 25 heavy (non-hydrogen) atoms. The Balaban J connectivity index is 1.82. The molecule has 1 atom stereocenters. The number of fused-ring (bicyclic) bond motifs is 2. The van der Waals surface area contributed by atoms with Crippen molar-refractivity contribution in [1.82, 2.24) is 4.31 Å². The Morgan fingerprint density at radius 2 is 2.00 bits per heavy atom. The molecule has 0 fully saturated rings. The quantitative estimate of drug-likeness (QED) is 0.842. The molecule has 2 aromatic carbocycles. The van der Waals surface area contributed by atoms with Crippen LogP contribution in [-0.4, -0.2) is 31.5 Å². The number of benzene rings is 2. The minimum absolute atomic E-state index is 0.0220. The van der Waals surface area contributed by atoms with Crippen molar-refractivity contribution < 1.29 is 8.42 Å². The fraction of sp³-hybridized carbons (Fsp3) is 0.222. The van der Waals surface area contributed by atoms with E-state index in [9.17, 15) is 8.42 Å². The zero-order valence-electron chi connectivity index (χ0n) is 13.6. The zero-order valence-corrected chi connectivity index (χ0v) is 14.4. The summed E-state index contributed by atoms with van der Waals surface area (Å²) in [7, 11) is -2.05. The number of hydrogen-bond acceptors (Lipinski definition) is 5. The lowest BCUT2D eigenvalue weighted by atomic mass is 9.71. The largest absolute Gasteiger partial charge is 0.369 e. The maximum Gasteiger partial charge on any atom is 0.239 e. The molecule has 1 heterocycles. The van der Waals surface area contributed by atoms with Gasteiger partial charge in [0.25, 0.3) is 0 Å². The molecule has 0 saturated carbocycles. The van der Waals surface area contributed by atoms with Gasteiger partial charge >= 0.3 is 0 Å². The van der Waals surface area contributed by atoms with E-state index < -0.39 is 15.6 Å². The number of nitrogens with two attached hydrogens (primary N) is 1. The molecule has 0 amide bonds. The fourth-order valence-electron chi connectivity index (χ4n) is 3.51. The van der Waals surface area contributed by atoms with Gasteiger partial charge in [0.15, 0.2) is 0 Å². The second kappa shape index (κ2) is 5.07. The van der Waals surface area contributed by atoms with Crippen molar-refractivity contribution in [2.45, 2.75) is 12.0 Å². The first-order valence-corrected chi connectivity index (χ1v) is 9.41. The van der Waals surface area contributed by atoms with E-state index in [1.807, 2.05) is 36.4 Å². The van der Waals surface area contributed by atoms with Gasteiger partial charge in [-0.2, -0.15) is 5.26 Å². The van der Waals surface area contributed by atoms with E-state index in [1.54, 1.807) is 6.07 Å². The Morgan fingerprint density at radius 1 is 1.24 bits per heavy atom. The smallest absolute Gasteiger partial charge is 0.239 e. The highest BCUT2D eigenvalue weighted by Crippen LogP contribution is 2.46. The molecule has 0 bridgehead atoms. The molecule has 126 valence electrons. The average Bonchev–Trinajstić information content (AvgIpc) is 2.58. The van der Waals surface area contributed by atoms with E-state index >= 15 is 0 Å². The van der Waals surface area contributed by atoms with E-state index in [0.717, 1.165) is 26.6 Å². The number of nitriles is 1. The van der Waals surface area contributed by atoms with Crippen LogP contribution in [0, 0.1) is 11.3 Å². The van der Waals surface area contributed by atoms with Crippen molar-refractivity contribution in [3.05, 3.63) is 59.2 Å². The molecular weight excluding hydrogens is 336 g/mol. The average molecular weight is 352 g/mol. The number of aliphatic imine (C=N–C) groups is 1. The van der Waals surface area contributed by atoms with Crippen LogP contribution in [0.15, 0.2) is 47.5 Å². The van der Waals surface area contributed by atoms with Gasteiger partial charge in [0, 0.05) is 13.5 Å². The minimum atomic E-state index is -3.48. The van der Waals surface area contributed by atoms with Gasteiger partial charge in [0.2, 0.25) is 16.0 Å². The van der Waals surface area contributed by atoms with Crippen LogP contribution in [0.2, 0.25) is 0 Å². The number of guanidine groups is 1. The Bertz CT molecular complexity index is 1070. The van der Waals surface area contributed by atoms with Crippen molar-refractivity contribution in [2.75, 3.05) is 12.8 Å². The predicted molar refractivity (Wildman–Crippen MR) is 95.1 cm³/mol. The normalized spacial score (nSPS) is 23.4. The summed E-state index contributed by atoms with van der Waals surface area (Å²) in [5, 5.41) is 9.08. The summed E-state index contributed by atoms with van der Waals surface area (Å²) >= 11 is 0. The first-order chi connectivity index (χ1) is 11.8. The second-order valence-electron chi connectivity index (χ2n) is 6.47. The summed E-state index contributed by atoms with van der Waals surface area (Å²) in [6.07, 6.45) is 0.564. The van der Waals surface area contributed by atoms with E-state index in [4.69, 9.17) is 11.0 Å². The van der Waals surface area contributed by atoms with Crippen LogP contribution in [0.5, 0.6) is 0 Å². The van der Waals surface area contributed by atoms with E-state index in [2.05, 4.69) is 11.1 Å². The third-order valence-corrected chi connectivity index (χ3v) is 6.77. The van der Waals surface area contributed by atoms with Gasteiger partial charge < -0.3 is 5.73 Å². The Morgan fingerprint density at radius 3 is 2.72 bits per heavy atom. The van der Waals surface area contributed by atoms with Crippen LogP contribution in [0.4, 0.5) is 0 Å². The third-order valence-electron chi connectivity index (χ3n) is 4.91. The van der Waals surface area contributed by atoms with E-state index in [-0.39, 0.29) is 11.7 Å². The van der Waals surface area contributed by atoms with E-state index in [0.29, 0.717) is 12.0 Å². The lowest BCUT2D eigenvalue weighted by Crippen LogP contribution is -2.55. The maximum absolute atomic E-state index is 12.4. The highest BCUT2D eigenvalue weighted by molar-refractivity contribution is 7.89. The van der Waals surface area contributed by atoms with Gasteiger partial charge in [-0.25, -0.2) is 17.7 Å². The number of hydrogen-bond donors (Lipinski definition) is 1. The maximum atomic E-state index is 12.4. The summed E-state index contributed by atoms with van der Waals surface area (Å²) in [6.45, 7) is 0. The van der Waals surface area contributed by atoms with Crippen LogP contribution in [0.3, 0.4) is 0 Å². The van der Waals surface area contributed by atoms with Gasteiger partial charge in [0.05, 0.1) is 17.4 Å². The Hall–Kier alpha value is -2.85. The summed E-state index contributed by atoms with van der Waals surface area (Å²) in [4.78, 5) is 4.49. The monoisotopic (exact) mass is 352 g/mol. The SMILES string of the molecule is CN1C(N)=N[C@@]2(Cc3ccc(-c4cccc(C#N)c4)cc32)CS1(=O)=O. The standard InChI is InChI=1S/C18H16N4O2S/c1-22-17(20)21-18(11-25(22,23)24)9-15-6-5-14(8-16(15)18)13-4-2-3-12(7-13)10-19/h2-8H,9,11H2,1H3,(H2,20,21)/t18-/m0/s1. The molecule has 2 aromatic rings. The third kappa shape index (κ3) is 2.29. The molecule has 0 radical (unpaired) electrons. The van der Waals surface area contributed by atoms with Gasteiger partial charge in [-0.3, -0.25) is 0 Å². The number of nitrogens with zero attached hydrogens (tertiary/aromatic N) is 3. The summed E-state index contributed by atoms with van der Waals surface area (Å²) < 4.78 is 25.8. The van der Waals surface area contributed by atoms with Gasteiger partial charge in [-0.1, -0.05) is 24.3 Å². The van der Waals surface area contributed by atoms with Gasteiger partial charge in [-0.15, -0.1) is 0 Å². The zero-order chi connectivity index (χ0) is 17.8. The fourth-order valence-corrected chi connectivity index (χ4v) is 4.95. The van der Waals surface area contributed by atoms with Crippen LogP contribution in [0.1, 0.15) is 16.7 Å². The number of rotatable bonds is 1. The second-order valence-corrected chi connectivity index (χ2v) is 8.47. The first kappa shape index (κ1) is 15.7. The summed E-state index contributed by atoms with van der Waals surface area (Å²) in [5.74, 6) is -0.0555. The van der Waals surface area contributed by atoms with Crippen molar-refractivity contribution >= 4 is 16.0 Å². The van der Waals surface area contributed by atoms with Gasteiger partial charge in [0.1, 0.15) is 5.54 Å². The molecule has 2 N–H and O–H groups in total. The summed E-state index contributed by atoms with van der Waals surface area (Å²) in [5.41, 5.74) is 9.45. The summed E-state index contributed by atoms with van der Waals surface area (Å²) in [6, 6.07) is 15.4. The molecule has 2 aliphatic rings. The molecule has 0 unspecified atom stereocenters. The number of sulfonamides is 1. The van der Waals surface area contributed by atoms with Gasteiger partial charge in [-0.05, 0) is 40.5 Å². The lowest BCUT2D eigenvalue weighted by molar-refractivity contribution is 0.401. The highest BCUT2D eigenvalue weighted by atomic mass is 32.2. The predicted octanol–water partition coefficient (Wildman–Crippen LogP) is 1.57. The highest BCUT2D eigenvalue weighted by Gasteiger charge is 2.50. The van der Waals surface area contributed by atoms with Crippen LogP contribution >= 0.6 is 0 Å². The molecule has 7 heteroatoms. The van der Waals surface area contributed by atoms with E-state index in [1.165, 1.54) is 7.05 Å². The Labute approximate surface area is 146 Å². The van der Waals surface area contributed by atoms with Crippen molar-refractivity contribution in [3.63, 3.8) is 0 Å². The molecule has 1 aliphatic carbocycles. The first-order valence-electron chi connectivity index (χ1n) is 7.80. The molecule has 0 aromatic heterocycles. The molecule has 6 nitrogen and oxygen atoms in total. The molecule has 4 rings (SSSR count). The lowest BCUT2D eigenvalue weighted by Gasteiger charge is -2.44.